The van der Waals surface area contributed by atoms with Crippen LogP contribution in [-0.2, 0) is 12.3 Å². The monoisotopic (exact) mass is 269 g/mol. The highest BCUT2D eigenvalue weighted by Crippen LogP contribution is 2.36. The maximum absolute atomic E-state index is 14.3. The summed E-state index contributed by atoms with van der Waals surface area (Å²) in [6.07, 6.45) is 2.40. The Hall–Kier alpha value is -1.16. The molecule has 106 valence electrons. The number of benzene rings is 1. The van der Waals surface area contributed by atoms with Gasteiger partial charge in [-0.3, -0.25) is 0 Å². The molecule has 2 rings (SSSR count). The molecule has 1 saturated heterocycles. The fraction of sp³-hybridized carbons (Fsp3) is 0.600. The molecule has 1 aromatic carbocycles. The lowest BCUT2D eigenvalue weighted by molar-refractivity contribution is -0.0214. The van der Waals surface area contributed by atoms with Crippen molar-refractivity contribution in [2.24, 2.45) is 0 Å². The summed E-state index contributed by atoms with van der Waals surface area (Å²) >= 11 is 0. The molecule has 1 N–H and O–H groups in total. The molecule has 0 aliphatic carbocycles. The van der Waals surface area contributed by atoms with E-state index in [0.29, 0.717) is 12.2 Å². The van der Waals surface area contributed by atoms with E-state index >= 15 is 0 Å². The number of aryl methyl sites for hydroxylation is 1. The summed E-state index contributed by atoms with van der Waals surface area (Å²) in [4.78, 5) is 0. The van der Waals surface area contributed by atoms with Gasteiger partial charge in [-0.25, -0.2) is 8.78 Å². The van der Waals surface area contributed by atoms with Crippen LogP contribution in [0.1, 0.15) is 37.3 Å². The van der Waals surface area contributed by atoms with Crippen molar-refractivity contribution in [3.8, 4) is 5.75 Å². The standard InChI is InChI=1S/C15H21F2NO/c1-3-11-9-12(6-7-14(11)19-2)15(16,17)10-13-5-4-8-18-13/h6-7,9,13,18H,3-5,8,10H2,1-2H3. The molecule has 4 heteroatoms. The van der Waals surface area contributed by atoms with Crippen molar-refractivity contribution in [1.82, 2.24) is 5.32 Å². The molecule has 0 saturated carbocycles. The molecule has 0 bridgehead atoms. The van der Waals surface area contributed by atoms with E-state index in [2.05, 4.69) is 5.32 Å². The van der Waals surface area contributed by atoms with E-state index < -0.39 is 5.92 Å². The number of hydrogen-bond donors (Lipinski definition) is 1. The molecule has 2 nitrogen and oxygen atoms in total. The molecule has 0 amide bonds. The Morgan fingerprint density at radius 2 is 2.21 bits per heavy atom. The molecule has 0 radical (unpaired) electrons. The van der Waals surface area contributed by atoms with Crippen LogP contribution in [0.15, 0.2) is 18.2 Å². The highest BCUT2D eigenvalue weighted by Gasteiger charge is 2.36. The number of hydrogen-bond acceptors (Lipinski definition) is 2. The number of halogens is 2. The molecule has 1 aromatic rings. The fourth-order valence-corrected chi connectivity index (χ4v) is 2.64. The predicted octanol–water partition coefficient (Wildman–Crippen LogP) is 3.49. The zero-order valence-electron chi connectivity index (χ0n) is 11.5. The Morgan fingerprint density at radius 1 is 1.42 bits per heavy atom. The van der Waals surface area contributed by atoms with Gasteiger partial charge in [-0.15, -0.1) is 0 Å². The van der Waals surface area contributed by atoms with Crippen molar-refractivity contribution in [1.29, 1.82) is 0 Å². The Labute approximate surface area is 113 Å². The van der Waals surface area contributed by atoms with Crippen molar-refractivity contribution < 1.29 is 13.5 Å². The van der Waals surface area contributed by atoms with Crippen LogP contribution in [0.5, 0.6) is 5.75 Å². The summed E-state index contributed by atoms with van der Waals surface area (Å²) in [7, 11) is 1.56. The quantitative estimate of drug-likeness (QED) is 0.883. The number of ether oxygens (including phenoxy) is 1. The Kier molecular flexibility index (Phi) is 4.40. The first-order chi connectivity index (χ1) is 9.06. The Bertz CT molecular complexity index is 428. The first-order valence-electron chi connectivity index (χ1n) is 6.85. The van der Waals surface area contributed by atoms with Crippen LogP contribution >= 0.6 is 0 Å². The van der Waals surface area contributed by atoms with Gasteiger partial charge in [0.25, 0.3) is 5.92 Å². The second-order valence-corrected chi connectivity index (χ2v) is 5.08. The highest BCUT2D eigenvalue weighted by atomic mass is 19.3. The summed E-state index contributed by atoms with van der Waals surface area (Å²) in [5, 5.41) is 3.13. The van der Waals surface area contributed by atoms with Crippen LogP contribution in [0, 0.1) is 0 Å². The maximum Gasteiger partial charge on any atom is 0.274 e. The maximum atomic E-state index is 14.3. The third-order valence-corrected chi connectivity index (χ3v) is 3.75. The van der Waals surface area contributed by atoms with Crippen LogP contribution in [0.2, 0.25) is 0 Å². The molecule has 1 unspecified atom stereocenters. The number of methoxy groups -OCH3 is 1. The molecular weight excluding hydrogens is 248 g/mol. The third kappa shape index (κ3) is 3.24. The minimum absolute atomic E-state index is 0.0674. The Morgan fingerprint density at radius 3 is 2.79 bits per heavy atom. The third-order valence-electron chi connectivity index (χ3n) is 3.75. The highest BCUT2D eigenvalue weighted by molar-refractivity contribution is 5.39. The summed E-state index contributed by atoms with van der Waals surface area (Å²) in [6, 6.07) is 4.63. The summed E-state index contributed by atoms with van der Waals surface area (Å²) in [6.45, 7) is 2.79. The van der Waals surface area contributed by atoms with Gasteiger partial charge in [0.1, 0.15) is 5.75 Å². The van der Waals surface area contributed by atoms with Gasteiger partial charge in [-0.1, -0.05) is 6.92 Å². The van der Waals surface area contributed by atoms with Gasteiger partial charge >= 0.3 is 0 Å². The number of rotatable bonds is 5. The normalized spacial score (nSPS) is 19.7. The average molecular weight is 269 g/mol. The Balaban J connectivity index is 2.18. The van der Waals surface area contributed by atoms with Gasteiger partial charge in [-0.05, 0) is 49.6 Å². The van der Waals surface area contributed by atoms with Gasteiger partial charge in [0.2, 0.25) is 0 Å². The van der Waals surface area contributed by atoms with Crippen LogP contribution < -0.4 is 10.1 Å². The summed E-state index contributed by atoms with van der Waals surface area (Å²) in [5.74, 6) is -2.10. The summed E-state index contributed by atoms with van der Waals surface area (Å²) < 4.78 is 33.7. The zero-order chi connectivity index (χ0) is 13.9. The second kappa shape index (κ2) is 5.87. The van der Waals surface area contributed by atoms with Crippen LogP contribution in [-0.4, -0.2) is 19.7 Å². The lowest BCUT2D eigenvalue weighted by Crippen LogP contribution is -2.29. The summed E-state index contributed by atoms with van der Waals surface area (Å²) in [5.41, 5.74) is 0.929. The molecule has 19 heavy (non-hydrogen) atoms. The first kappa shape index (κ1) is 14.3. The van der Waals surface area contributed by atoms with E-state index in [1.807, 2.05) is 6.92 Å². The van der Waals surface area contributed by atoms with Gasteiger partial charge in [0, 0.05) is 18.0 Å². The van der Waals surface area contributed by atoms with Crippen LogP contribution in [0.3, 0.4) is 0 Å². The van der Waals surface area contributed by atoms with Crippen molar-refractivity contribution >= 4 is 0 Å². The molecule has 1 heterocycles. The molecule has 1 fully saturated rings. The topological polar surface area (TPSA) is 21.3 Å². The van der Waals surface area contributed by atoms with Crippen LogP contribution in [0.25, 0.3) is 0 Å². The van der Waals surface area contributed by atoms with Crippen LogP contribution in [0.4, 0.5) is 8.78 Å². The van der Waals surface area contributed by atoms with Crippen molar-refractivity contribution in [3.05, 3.63) is 29.3 Å². The van der Waals surface area contributed by atoms with E-state index in [9.17, 15) is 8.78 Å². The lowest BCUT2D eigenvalue weighted by atomic mass is 9.97. The van der Waals surface area contributed by atoms with Gasteiger partial charge < -0.3 is 10.1 Å². The van der Waals surface area contributed by atoms with Gasteiger partial charge in [-0.2, -0.15) is 0 Å². The number of alkyl halides is 2. The van der Waals surface area contributed by atoms with E-state index in [4.69, 9.17) is 4.74 Å². The SMILES string of the molecule is CCc1cc(C(F)(F)CC2CCCN2)ccc1OC. The van der Waals surface area contributed by atoms with E-state index in [0.717, 1.165) is 24.9 Å². The minimum Gasteiger partial charge on any atom is -0.496 e. The molecule has 1 atom stereocenters. The van der Waals surface area contributed by atoms with Gasteiger partial charge in [0.05, 0.1) is 7.11 Å². The van der Waals surface area contributed by atoms with Crippen molar-refractivity contribution in [2.45, 2.75) is 44.6 Å². The molecule has 0 aromatic heterocycles. The van der Waals surface area contributed by atoms with Crippen molar-refractivity contribution in [2.75, 3.05) is 13.7 Å². The zero-order valence-corrected chi connectivity index (χ0v) is 11.5. The molecule has 1 aliphatic heterocycles. The van der Waals surface area contributed by atoms with Crippen molar-refractivity contribution in [3.63, 3.8) is 0 Å². The second-order valence-electron chi connectivity index (χ2n) is 5.08. The number of nitrogens with one attached hydrogen (secondary N) is 1. The molecular formula is C15H21F2NO. The lowest BCUT2D eigenvalue weighted by Gasteiger charge is -2.22. The average Bonchev–Trinajstić information content (AvgIpc) is 2.89. The molecule has 0 spiro atoms. The fourth-order valence-electron chi connectivity index (χ4n) is 2.64. The van der Waals surface area contributed by atoms with E-state index in [-0.39, 0.29) is 18.0 Å². The first-order valence-corrected chi connectivity index (χ1v) is 6.85. The predicted molar refractivity (Wildman–Crippen MR) is 71.9 cm³/mol. The van der Waals surface area contributed by atoms with Gasteiger partial charge in [0.15, 0.2) is 0 Å². The van der Waals surface area contributed by atoms with E-state index in [1.165, 1.54) is 6.07 Å². The van der Waals surface area contributed by atoms with E-state index in [1.54, 1.807) is 19.2 Å². The largest absolute Gasteiger partial charge is 0.496 e. The smallest absolute Gasteiger partial charge is 0.274 e. The minimum atomic E-state index is -2.78. The molecule has 1 aliphatic rings.